The van der Waals surface area contributed by atoms with Crippen LogP contribution in [0.1, 0.15) is 13.3 Å². The van der Waals surface area contributed by atoms with E-state index in [1.165, 1.54) is 0 Å². The van der Waals surface area contributed by atoms with Gasteiger partial charge in [0.15, 0.2) is 0 Å². The summed E-state index contributed by atoms with van der Waals surface area (Å²) in [5.41, 5.74) is 4.70. The molecule has 2 N–H and O–H groups in total. The van der Waals surface area contributed by atoms with Gasteiger partial charge in [0, 0.05) is 13.3 Å². The predicted molar refractivity (Wildman–Crippen MR) is 29.2 cm³/mol. The van der Waals surface area contributed by atoms with Crippen LogP contribution >= 0.6 is 0 Å². The number of halogens is 4. The Balaban J connectivity index is 4.10. The number of hydrogen-bond acceptors (Lipinski definition) is 1. The molecule has 1 nitrogen and oxygen atoms in total. The minimum atomic E-state index is -3.97. The van der Waals surface area contributed by atoms with Crippen molar-refractivity contribution in [1.29, 1.82) is 0 Å². The molecule has 0 amide bonds. The van der Waals surface area contributed by atoms with Gasteiger partial charge in [0.05, 0.1) is 0 Å². The first-order chi connectivity index (χ1) is 4.31. The van der Waals surface area contributed by atoms with E-state index < -0.39 is 24.8 Å². The average Bonchev–Trinajstić information content (AvgIpc) is 1.61. The van der Waals surface area contributed by atoms with Crippen molar-refractivity contribution < 1.29 is 17.6 Å². The lowest BCUT2D eigenvalue weighted by Gasteiger charge is -2.21. The Morgan fingerprint density at radius 2 is 1.60 bits per heavy atom. The van der Waals surface area contributed by atoms with Crippen LogP contribution in [-0.4, -0.2) is 18.4 Å². The second kappa shape index (κ2) is 2.74. The molecule has 62 valence electrons. The van der Waals surface area contributed by atoms with Crippen LogP contribution in [-0.2, 0) is 0 Å². The van der Waals surface area contributed by atoms with Gasteiger partial charge in [-0.25, -0.2) is 8.78 Å². The Labute approximate surface area is 56.2 Å². The summed E-state index contributed by atoms with van der Waals surface area (Å²) in [5, 5.41) is 0. The van der Waals surface area contributed by atoms with E-state index in [4.69, 9.17) is 5.73 Å². The third-order valence-corrected chi connectivity index (χ3v) is 1.10. The summed E-state index contributed by atoms with van der Waals surface area (Å²) in [5.74, 6) is -7.94. The van der Waals surface area contributed by atoms with Crippen LogP contribution in [0.2, 0.25) is 0 Å². The summed E-state index contributed by atoms with van der Waals surface area (Å²) in [6.45, 7) is -0.251. The molecule has 0 unspecified atom stereocenters. The first-order valence-electron chi connectivity index (χ1n) is 2.77. The Hall–Kier alpha value is -0.320. The van der Waals surface area contributed by atoms with Crippen LogP contribution in [0.5, 0.6) is 0 Å². The van der Waals surface area contributed by atoms with E-state index in [0.29, 0.717) is 0 Å². The molecule has 0 radical (unpaired) electrons. The van der Waals surface area contributed by atoms with Gasteiger partial charge in [-0.15, -0.1) is 0 Å². The molecule has 0 aromatic carbocycles. The molecule has 0 fully saturated rings. The van der Waals surface area contributed by atoms with Gasteiger partial charge < -0.3 is 5.73 Å². The first-order valence-corrected chi connectivity index (χ1v) is 2.77. The lowest BCUT2D eigenvalue weighted by atomic mass is 10.1. The van der Waals surface area contributed by atoms with Crippen molar-refractivity contribution in [3.8, 4) is 0 Å². The predicted octanol–water partition coefficient (Wildman–Crippen LogP) is 1.63. The van der Waals surface area contributed by atoms with Crippen molar-refractivity contribution in [3.05, 3.63) is 0 Å². The summed E-state index contributed by atoms with van der Waals surface area (Å²) in [7, 11) is 0. The van der Waals surface area contributed by atoms with Gasteiger partial charge in [-0.1, -0.05) is 0 Å². The van der Waals surface area contributed by atoms with Gasteiger partial charge >= 0.3 is 11.8 Å². The van der Waals surface area contributed by atoms with Gasteiger partial charge in [0.25, 0.3) is 0 Å². The molecule has 0 atom stereocenters. The van der Waals surface area contributed by atoms with E-state index in [-0.39, 0.29) is 6.92 Å². The molecule has 0 bridgehead atoms. The molecule has 0 heterocycles. The van der Waals surface area contributed by atoms with Gasteiger partial charge in [-0.2, -0.15) is 8.78 Å². The lowest BCUT2D eigenvalue weighted by molar-refractivity contribution is -0.199. The van der Waals surface area contributed by atoms with Crippen LogP contribution in [0.4, 0.5) is 17.6 Å². The minimum absolute atomic E-state index is 0.183. The summed E-state index contributed by atoms with van der Waals surface area (Å²) < 4.78 is 48.0. The molecule has 0 aliphatic carbocycles. The van der Waals surface area contributed by atoms with Crippen molar-refractivity contribution in [2.75, 3.05) is 6.54 Å². The monoisotopic (exact) mass is 159 g/mol. The van der Waals surface area contributed by atoms with Gasteiger partial charge in [-0.3, -0.25) is 0 Å². The third kappa shape index (κ3) is 2.13. The van der Waals surface area contributed by atoms with Crippen LogP contribution in [0, 0.1) is 0 Å². The zero-order chi connectivity index (χ0) is 8.41. The fourth-order valence-corrected chi connectivity index (χ4v) is 0.401. The second-order valence-electron chi connectivity index (χ2n) is 2.13. The van der Waals surface area contributed by atoms with Crippen molar-refractivity contribution >= 4 is 0 Å². The standard InChI is InChI=1S/C5H9F4N/c1-4(6,7)5(8,9)2-3-10/h2-3,10H2,1H3. The number of alkyl halides is 4. The normalized spacial score (nSPS) is 13.8. The van der Waals surface area contributed by atoms with E-state index >= 15 is 0 Å². The van der Waals surface area contributed by atoms with Crippen molar-refractivity contribution in [2.24, 2.45) is 5.73 Å². The molecular formula is C5H9F4N. The first kappa shape index (κ1) is 9.68. The highest BCUT2D eigenvalue weighted by Crippen LogP contribution is 2.35. The van der Waals surface area contributed by atoms with E-state index in [1.54, 1.807) is 0 Å². The molecule has 5 heteroatoms. The quantitative estimate of drug-likeness (QED) is 0.622. The molecule has 0 aliphatic rings. The van der Waals surface area contributed by atoms with Crippen LogP contribution in [0.15, 0.2) is 0 Å². The molecule has 10 heavy (non-hydrogen) atoms. The summed E-state index contributed by atoms with van der Waals surface area (Å²) >= 11 is 0. The van der Waals surface area contributed by atoms with E-state index in [2.05, 4.69) is 0 Å². The van der Waals surface area contributed by atoms with Crippen molar-refractivity contribution in [1.82, 2.24) is 0 Å². The van der Waals surface area contributed by atoms with Crippen LogP contribution in [0.25, 0.3) is 0 Å². The van der Waals surface area contributed by atoms with Crippen LogP contribution < -0.4 is 5.73 Å². The maximum atomic E-state index is 12.1. The highest BCUT2D eigenvalue weighted by atomic mass is 19.3. The molecule has 0 aromatic rings. The Kier molecular flexibility index (Phi) is 2.65. The zero-order valence-electron chi connectivity index (χ0n) is 5.50. The average molecular weight is 159 g/mol. The van der Waals surface area contributed by atoms with E-state index in [9.17, 15) is 17.6 Å². The number of hydrogen-bond donors (Lipinski definition) is 1. The highest BCUT2D eigenvalue weighted by molar-refractivity contribution is 4.80. The fourth-order valence-electron chi connectivity index (χ4n) is 0.401. The molecule has 0 rings (SSSR count). The maximum Gasteiger partial charge on any atom is 0.311 e. The van der Waals surface area contributed by atoms with Crippen molar-refractivity contribution in [2.45, 2.75) is 25.2 Å². The summed E-state index contributed by atoms with van der Waals surface area (Å²) in [4.78, 5) is 0. The van der Waals surface area contributed by atoms with Gasteiger partial charge in [0.2, 0.25) is 0 Å². The molecule has 0 aromatic heterocycles. The SMILES string of the molecule is CC(F)(F)C(F)(F)CCN. The number of rotatable bonds is 3. The smallest absolute Gasteiger partial charge is 0.311 e. The maximum absolute atomic E-state index is 12.1. The zero-order valence-corrected chi connectivity index (χ0v) is 5.50. The van der Waals surface area contributed by atoms with E-state index in [0.717, 1.165) is 0 Å². The number of nitrogens with two attached hydrogens (primary N) is 1. The van der Waals surface area contributed by atoms with E-state index in [1.807, 2.05) is 0 Å². The molecule has 0 spiro atoms. The highest BCUT2D eigenvalue weighted by Gasteiger charge is 2.50. The summed E-state index contributed by atoms with van der Waals surface area (Å²) in [6, 6.07) is 0. The molecule has 0 saturated heterocycles. The molecule has 0 aliphatic heterocycles. The third-order valence-electron chi connectivity index (χ3n) is 1.10. The molecule has 0 saturated carbocycles. The Bertz CT molecular complexity index is 107. The lowest BCUT2D eigenvalue weighted by Crippen LogP contribution is -2.39. The van der Waals surface area contributed by atoms with Crippen molar-refractivity contribution in [3.63, 3.8) is 0 Å². The minimum Gasteiger partial charge on any atom is -0.330 e. The fraction of sp³-hybridized carbons (Fsp3) is 1.00. The van der Waals surface area contributed by atoms with Gasteiger partial charge in [-0.05, 0) is 6.54 Å². The van der Waals surface area contributed by atoms with Crippen LogP contribution in [0.3, 0.4) is 0 Å². The second-order valence-corrected chi connectivity index (χ2v) is 2.13. The summed E-state index contributed by atoms with van der Waals surface area (Å²) in [6.07, 6.45) is -0.976. The Morgan fingerprint density at radius 1 is 1.20 bits per heavy atom. The molecular weight excluding hydrogens is 150 g/mol. The largest absolute Gasteiger partial charge is 0.330 e. The topological polar surface area (TPSA) is 26.0 Å². The Morgan fingerprint density at radius 3 is 1.70 bits per heavy atom. The van der Waals surface area contributed by atoms with Gasteiger partial charge in [0.1, 0.15) is 0 Å².